The molecular formula is C15H23N5OS. The zero-order chi connectivity index (χ0) is 15.3. The molecule has 1 unspecified atom stereocenters. The topological polar surface area (TPSA) is 83.6 Å². The third kappa shape index (κ3) is 3.69. The van der Waals surface area contributed by atoms with Gasteiger partial charge in [0, 0.05) is 5.75 Å². The third-order valence-electron chi connectivity index (χ3n) is 4.55. The first-order chi connectivity index (χ1) is 10.8. The Morgan fingerprint density at radius 2 is 2.18 bits per heavy atom. The van der Waals surface area contributed by atoms with E-state index >= 15 is 0 Å². The van der Waals surface area contributed by atoms with Crippen molar-refractivity contribution in [1.82, 2.24) is 25.9 Å². The molecule has 0 bridgehead atoms. The molecular weight excluding hydrogens is 298 g/mol. The van der Waals surface area contributed by atoms with Crippen LogP contribution in [0.5, 0.6) is 0 Å². The summed E-state index contributed by atoms with van der Waals surface area (Å²) < 4.78 is 0. The minimum absolute atomic E-state index is 0.0436. The van der Waals surface area contributed by atoms with Crippen LogP contribution in [0.1, 0.15) is 50.8 Å². The summed E-state index contributed by atoms with van der Waals surface area (Å²) in [5.41, 5.74) is -0.482. The summed E-state index contributed by atoms with van der Waals surface area (Å²) in [4.78, 5) is 12.4. The molecule has 0 spiro atoms. The molecule has 22 heavy (non-hydrogen) atoms. The van der Waals surface area contributed by atoms with Gasteiger partial charge in [-0.3, -0.25) is 4.79 Å². The molecule has 7 heteroatoms. The number of amides is 1. The number of aromatic nitrogens is 4. The van der Waals surface area contributed by atoms with E-state index in [1.807, 2.05) is 11.8 Å². The van der Waals surface area contributed by atoms with Gasteiger partial charge in [0.1, 0.15) is 5.54 Å². The summed E-state index contributed by atoms with van der Waals surface area (Å²) in [6, 6.07) is 0. The number of tetrazole rings is 1. The maximum atomic E-state index is 12.4. The van der Waals surface area contributed by atoms with Gasteiger partial charge < -0.3 is 5.32 Å². The van der Waals surface area contributed by atoms with Crippen LogP contribution < -0.4 is 5.32 Å². The van der Waals surface area contributed by atoms with Crippen LogP contribution in [0.25, 0.3) is 0 Å². The van der Waals surface area contributed by atoms with Crippen LogP contribution in [0, 0.1) is 5.92 Å². The van der Waals surface area contributed by atoms with Crippen LogP contribution in [-0.4, -0.2) is 38.0 Å². The average molecular weight is 321 g/mol. The van der Waals surface area contributed by atoms with Gasteiger partial charge in [0.05, 0.1) is 0 Å². The lowest BCUT2D eigenvalue weighted by Gasteiger charge is -2.34. The van der Waals surface area contributed by atoms with Crippen molar-refractivity contribution in [3.8, 4) is 0 Å². The lowest BCUT2D eigenvalue weighted by Crippen LogP contribution is -2.49. The van der Waals surface area contributed by atoms with E-state index in [0.29, 0.717) is 11.7 Å². The summed E-state index contributed by atoms with van der Waals surface area (Å²) >= 11 is 1.83. The van der Waals surface area contributed by atoms with E-state index < -0.39 is 5.54 Å². The molecule has 3 rings (SSSR count). The molecule has 0 radical (unpaired) electrons. The normalized spacial score (nSPS) is 27.1. The van der Waals surface area contributed by atoms with Crippen molar-refractivity contribution in [2.45, 2.75) is 50.5 Å². The number of carbonyl (C=O) groups excluding carboxylic acids is 1. The number of aromatic amines is 1. The fourth-order valence-electron chi connectivity index (χ4n) is 3.32. The summed E-state index contributed by atoms with van der Waals surface area (Å²) in [6.45, 7) is 0. The minimum atomic E-state index is -0.482. The molecule has 120 valence electrons. The molecule has 1 aliphatic carbocycles. The third-order valence-corrected chi connectivity index (χ3v) is 5.82. The Morgan fingerprint density at radius 3 is 2.86 bits per heavy atom. The van der Waals surface area contributed by atoms with Gasteiger partial charge in [-0.25, -0.2) is 0 Å². The van der Waals surface area contributed by atoms with E-state index in [2.05, 4.69) is 32.0 Å². The van der Waals surface area contributed by atoms with Crippen molar-refractivity contribution in [2.75, 3.05) is 11.5 Å². The largest absolute Gasteiger partial charge is 0.339 e. The first-order valence-corrected chi connectivity index (χ1v) is 9.26. The van der Waals surface area contributed by atoms with Crippen molar-refractivity contribution >= 4 is 17.7 Å². The molecule has 2 N–H and O–H groups in total. The van der Waals surface area contributed by atoms with Gasteiger partial charge in [0.25, 0.3) is 0 Å². The highest BCUT2D eigenvalue weighted by molar-refractivity contribution is 7.99. The molecule has 1 amide bonds. The Kier molecular flexibility index (Phi) is 5.12. The quantitative estimate of drug-likeness (QED) is 0.830. The first-order valence-electron chi connectivity index (χ1n) is 8.10. The Bertz CT molecular complexity index is 504. The summed E-state index contributed by atoms with van der Waals surface area (Å²) in [5, 5.41) is 17.5. The summed E-state index contributed by atoms with van der Waals surface area (Å²) in [6.07, 6.45) is 12.0. The monoisotopic (exact) mass is 321 g/mol. The van der Waals surface area contributed by atoms with Crippen molar-refractivity contribution in [1.29, 1.82) is 0 Å². The SMILES string of the molecule is O=C(/C=C/C1CCCCC1)NC1(c2nn[nH]n2)CCCSC1. The van der Waals surface area contributed by atoms with Gasteiger partial charge in [-0.2, -0.15) is 17.0 Å². The summed E-state index contributed by atoms with van der Waals surface area (Å²) in [5.74, 6) is 3.03. The Hall–Kier alpha value is -1.37. The Labute approximate surface area is 134 Å². The van der Waals surface area contributed by atoms with Gasteiger partial charge in [-0.05, 0) is 43.4 Å². The fraction of sp³-hybridized carbons (Fsp3) is 0.733. The fourth-order valence-corrected chi connectivity index (χ4v) is 4.50. The number of carbonyl (C=O) groups is 1. The highest BCUT2D eigenvalue weighted by atomic mass is 32.2. The molecule has 1 saturated carbocycles. The number of thioether (sulfide) groups is 1. The predicted octanol–water partition coefficient (Wildman–Crippen LogP) is 2.17. The molecule has 1 saturated heterocycles. The molecule has 6 nitrogen and oxygen atoms in total. The van der Waals surface area contributed by atoms with Crippen molar-refractivity contribution in [2.24, 2.45) is 5.92 Å². The van der Waals surface area contributed by atoms with Gasteiger partial charge in [-0.1, -0.05) is 30.6 Å². The maximum Gasteiger partial charge on any atom is 0.244 e. The standard InChI is InChI=1S/C15H23N5OS/c21-13(8-7-12-5-2-1-3-6-12)16-15(9-4-10-22-11-15)14-17-19-20-18-14/h7-8,12H,1-6,9-11H2,(H,16,21)(H,17,18,19,20)/b8-7+. The first kappa shape index (κ1) is 15.5. The van der Waals surface area contributed by atoms with E-state index in [1.165, 1.54) is 32.1 Å². The lowest BCUT2D eigenvalue weighted by molar-refractivity contribution is -0.118. The van der Waals surface area contributed by atoms with Crippen molar-refractivity contribution in [3.63, 3.8) is 0 Å². The Balaban J connectivity index is 1.65. The molecule has 1 aromatic heterocycles. The van der Waals surface area contributed by atoms with E-state index in [-0.39, 0.29) is 5.91 Å². The lowest BCUT2D eigenvalue weighted by atomic mass is 9.89. The number of nitrogens with one attached hydrogen (secondary N) is 2. The van der Waals surface area contributed by atoms with Crippen LogP contribution >= 0.6 is 11.8 Å². The number of nitrogens with zero attached hydrogens (tertiary/aromatic N) is 3. The molecule has 2 aliphatic rings. The predicted molar refractivity (Wildman–Crippen MR) is 86.3 cm³/mol. The zero-order valence-electron chi connectivity index (χ0n) is 12.8. The van der Waals surface area contributed by atoms with Gasteiger partial charge in [0.15, 0.2) is 0 Å². The van der Waals surface area contributed by atoms with Crippen molar-refractivity contribution in [3.05, 3.63) is 18.0 Å². The van der Waals surface area contributed by atoms with Gasteiger partial charge in [-0.15, -0.1) is 10.2 Å². The van der Waals surface area contributed by atoms with E-state index in [0.717, 1.165) is 24.3 Å². The number of hydrogen-bond donors (Lipinski definition) is 2. The second kappa shape index (κ2) is 7.26. The Morgan fingerprint density at radius 1 is 1.32 bits per heavy atom. The van der Waals surface area contributed by atoms with Gasteiger partial charge in [0.2, 0.25) is 11.7 Å². The van der Waals surface area contributed by atoms with Crippen LogP contribution in [-0.2, 0) is 10.3 Å². The molecule has 2 fully saturated rings. The summed E-state index contributed by atoms with van der Waals surface area (Å²) in [7, 11) is 0. The zero-order valence-corrected chi connectivity index (χ0v) is 13.6. The number of hydrogen-bond acceptors (Lipinski definition) is 5. The smallest absolute Gasteiger partial charge is 0.244 e. The molecule has 1 atom stereocenters. The second-order valence-corrected chi connectivity index (χ2v) is 7.33. The highest BCUT2D eigenvalue weighted by Gasteiger charge is 2.39. The van der Waals surface area contributed by atoms with E-state index in [9.17, 15) is 4.79 Å². The van der Waals surface area contributed by atoms with Crippen LogP contribution in [0.2, 0.25) is 0 Å². The molecule has 1 aromatic rings. The molecule has 2 heterocycles. The number of allylic oxidation sites excluding steroid dienone is 1. The van der Waals surface area contributed by atoms with E-state index in [1.54, 1.807) is 6.08 Å². The minimum Gasteiger partial charge on any atom is -0.339 e. The molecule has 1 aliphatic heterocycles. The van der Waals surface area contributed by atoms with E-state index in [4.69, 9.17) is 0 Å². The van der Waals surface area contributed by atoms with Crippen LogP contribution in [0.4, 0.5) is 0 Å². The number of rotatable bonds is 4. The van der Waals surface area contributed by atoms with Gasteiger partial charge >= 0.3 is 0 Å². The maximum absolute atomic E-state index is 12.4. The molecule has 0 aromatic carbocycles. The van der Waals surface area contributed by atoms with Crippen molar-refractivity contribution < 1.29 is 4.79 Å². The second-order valence-electron chi connectivity index (χ2n) is 6.22. The van der Waals surface area contributed by atoms with Crippen LogP contribution in [0.3, 0.4) is 0 Å². The van der Waals surface area contributed by atoms with Crippen LogP contribution in [0.15, 0.2) is 12.2 Å². The highest BCUT2D eigenvalue weighted by Crippen LogP contribution is 2.33. The average Bonchev–Trinajstić information content (AvgIpc) is 3.10. The number of H-pyrrole nitrogens is 1.